The molecule has 0 amide bonds. The van der Waals surface area contributed by atoms with Gasteiger partial charge in [-0.25, -0.2) is 0 Å². The van der Waals surface area contributed by atoms with E-state index in [9.17, 15) is 30.3 Å². The molecule has 0 aliphatic heterocycles. The van der Waals surface area contributed by atoms with Crippen LogP contribution in [0.5, 0.6) is 0 Å². The second-order valence-electron chi connectivity index (χ2n) is 3.53. The summed E-state index contributed by atoms with van der Waals surface area (Å²) in [6.07, 6.45) is -9.75. The molecule has 0 saturated heterocycles. The summed E-state index contributed by atoms with van der Waals surface area (Å²) in [5.41, 5.74) is 0. The third-order valence-corrected chi connectivity index (χ3v) is 2.37. The summed E-state index contributed by atoms with van der Waals surface area (Å²) in [6.45, 7) is 1.06. The zero-order chi connectivity index (χ0) is 11.7. The van der Waals surface area contributed by atoms with Gasteiger partial charge in [-0.1, -0.05) is 0 Å². The molecule has 6 atom stereocenters. The van der Waals surface area contributed by atoms with Crippen LogP contribution < -0.4 is 0 Å². The molecule has 88 valence electrons. The van der Waals surface area contributed by atoms with Gasteiger partial charge in [0.2, 0.25) is 0 Å². The number of aliphatic hydroxyl groups excluding tert-OH is 5. The number of carbonyl (C=O) groups excluding carboxylic acids is 1. The van der Waals surface area contributed by atoms with Gasteiger partial charge in [0.25, 0.3) is 0 Å². The zero-order valence-electron chi connectivity index (χ0n) is 8.02. The molecule has 1 rings (SSSR count). The molecule has 0 aromatic carbocycles. The van der Waals surface area contributed by atoms with E-state index in [1.54, 1.807) is 0 Å². The lowest BCUT2D eigenvalue weighted by Crippen LogP contribution is -2.64. The number of rotatable bonds is 1. The van der Waals surface area contributed by atoms with Crippen molar-refractivity contribution in [2.45, 2.75) is 43.5 Å². The molecule has 5 N–H and O–H groups in total. The first-order valence-corrected chi connectivity index (χ1v) is 4.43. The van der Waals surface area contributed by atoms with Crippen LogP contribution in [0.1, 0.15) is 6.92 Å². The van der Waals surface area contributed by atoms with Gasteiger partial charge < -0.3 is 30.3 Å². The number of ether oxygens (including phenoxy) is 1. The molecule has 0 bridgehead atoms. The zero-order valence-corrected chi connectivity index (χ0v) is 8.02. The number of hydrogen-bond donors (Lipinski definition) is 5. The molecule has 0 aromatic rings. The highest BCUT2D eigenvalue weighted by Gasteiger charge is 2.49. The summed E-state index contributed by atoms with van der Waals surface area (Å²) in [6, 6.07) is 0. The minimum absolute atomic E-state index is 0.770. The van der Waals surface area contributed by atoms with Crippen molar-refractivity contribution in [2.75, 3.05) is 0 Å². The van der Waals surface area contributed by atoms with E-state index in [4.69, 9.17) is 0 Å². The van der Waals surface area contributed by atoms with Gasteiger partial charge in [0, 0.05) is 6.92 Å². The molecule has 1 aliphatic carbocycles. The minimum atomic E-state index is -1.68. The van der Waals surface area contributed by atoms with Gasteiger partial charge in [0.05, 0.1) is 0 Å². The molecule has 0 heterocycles. The monoisotopic (exact) mass is 222 g/mol. The third-order valence-electron chi connectivity index (χ3n) is 2.37. The molecule has 1 saturated carbocycles. The molecule has 7 heteroatoms. The Kier molecular flexibility index (Phi) is 3.63. The number of carbonyl (C=O) groups is 1. The predicted molar refractivity (Wildman–Crippen MR) is 45.6 cm³/mol. The van der Waals surface area contributed by atoms with Crippen molar-refractivity contribution >= 4 is 5.97 Å². The first kappa shape index (κ1) is 12.3. The van der Waals surface area contributed by atoms with Crippen LogP contribution in [0.4, 0.5) is 0 Å². The lowest BCUT2D eigenvalue weighted by atomic mass is 9.85. The molecule has 0 spiro atoms. The summed E-state index contributed by atoms with van der Waals surface area (Å²) >= 11 is 0. The number of esters is 1. The summed E-state index contributed by atoms with van der Waals surface area (Å²) in [5.74, 6) is -0.770. The van der Waals surface area contributed by atoms with Gasteiger partial charge in [0.15, 0.2) is 6.10 Å². The Hall–Kier alpha value is -0.730. The first-order chi connectivity index (χ1) is 6.86. The average molecular weight is 222 g/mol. The van der Waals surface area contributed by atoms with Crippen molar-refractivity contribution in [1.82, 2.24) is 0 Å². The Morgan fingerprint density at radius 1 is 0.867 bits per heavy atom. The van der Waals surface area contributed by atoms with Crippen LogP contribution in [0, 0.1) is 0 Å². The normalized spacial score (nSPS) is 46.3. The van der Waals surface area contributed by atoms with Crippen molar-refractivity contribution in [1.29, 1.82) is 0 Å². The lowest BCUT2D eigenvalue weighted by Gasteiger charge is -2.40. The Morgan fingerprint density at radius 3 is 1.53 bits per heavy atom. The van der Waals surface area contributed by atoms with Gasteiger partial charge >= 0.3 is 5.97 Å². The summed E-state index contributed by atoms with van der Waals surface area (Å²) in [4.78, 5) is 10.6. The van der Waals surface area contributed by atoms with Crippen LogP contribution in [0.25, 0.3) is 0 Å². The van der Waals surface area contributed by atoms with Crippen LogP contribution in [0.3, 0.4) is 0 Å². The molecule has 0 radical (unpaired) electrons. The maximum absolute atomic E-state index is 10.6. The molecule has 0 aromatic heterocycles. The largest absolute Gasteiger partial charge is 0.457 e. The molecule has 1 fully saturated rings. The Morgan fingerprint density at radius 2 is 1.20 bits per heavy atom. The van der Waals surface area contributed by atoms with Crippen molar-refractivity contribution in [3.8, 4) is 0 Å². The second-order valence-corrected chi connectivity index (χ2v) is 3.53. The van der Waals surface area contributed by atoms with Crippen molar-refractivity contribution in [2.24, 2.45) is 0 Å². The topological polar surface area (TPSA) is 127 Å². The Balaban J connectivity index is 2.81. The van der Waals surface area contributed by atoms with Gasteiger partial charge in [-0.2, -0.15) is 0 Å². The van der Waals surface area contributed by atoms with Crippen molar-refractivity contribution in [3.05, 3.63) is 0 Å². The molecular formula is C8H14O7. The van der Waals surface area contributed by atoms with Gasteiger partial charge in [-0.15, -0.1) is 0 Å². The van der Waals surface area contributed by atoms with Crippen LogP contribution in [0.15, 0.2) is 0 Å². The number of aliphatic hydroxyl groups is 5. The highest BCUT2D eigenvalue weighted by Crippen LogP contribution is 2.23. The van der Waals surface area contributed by atoms with Gasteiger partial charge in [-0.05, 0) is 0 Å². The predicted octanol–water partition coefficient (Wildman–Crippen LogP) is -3.26. The maximum atomic E-state index is 10.6. The minimum Gasteiger partial charge on any atom is -0.457 e. The van der Waals surface area contributed by atoms with E-state index in [0.29, 0.717) is 0 Å². The highest BCUT2D eigenvalue weighted by molar-refractivity contribution is 5.66. The van der Waals surface area contributed by atoms with E-state index in [1.165, 1.54) is 0 Å². The van der Waals surface area contributed by atoms with Crippen LogP contribution in [-0.2, 0) is 9.53 Å². The fraction of sp³-hybridized carbons (Fsp3) is 0.875. The van der Waals surface area contributed by atoms with E-state index in [2.05, 4.69) is 4.74 Å². The number of hydrogen-bond acceptors (Lipinski definition) is 7. The Labute approximate surface area is 85.5 Å². The second kappa shape index (κ2) is 4.42. The summed E-state index contributed by atoms with van der Waals surface area (Å²) in [7, 11) is 0. The Bertz CT molecular complexity index is 227. The quantitative estimate of drug-likeness (QED) is 0.294. The maximum Gasteiger partial charge on any atom is 0.303 e. The summed E-state index contributed by atoms with van der Waals surface area (Å²) in [5, 5.41) is 46.5. The fourth-order valence-corrected chi connectivity index (χ4v) is 1.53. The van der Waals surface area contributed by atoms with Crippen molar-refractivity contribution in [3.63, 3.8) is 0 Å². The van der Waals surface area contributed by atoms with E-state index in [0.717, 1.165) is 6.92 Å². The first-order valence-electron chi connectivity index (χ1n) is 4.43. The van der Waals surface area contributed by atoms with E-state index in [-0.39, 0.29) is 0 Å². The van der Waals surface area contributed by atoms with E-state index >= 15 is 0 Å². The van der Waals surface area contributed by atoms with Crippen LogP contribution in [0.2, 0.25) is 0 Å². The summed E-state index contributed by atoms with van der Waals surface area (Å²) < 4.78 is 4.53. The molecule has 0 unspecified atom stereocenters. The molecule has 15 heavy (non-hydrogen) atoms. The third kappa shape index (κ3) is 2.27. The van der Waals surface area contributed by atoms with Crippen molar-refractivity contribution < 1.29 is 35.1 Å². The fourth-order valence-electron chi connectivity index (χ4n) is 1.53. The highest BCUT2D eigenvalue weighted by atomic mass is 16.6. The molecular weight excluding hydrogens is 208 g/mol. The van der Waals surface area contributed by atoms with Crippen LogP contribution >= 0.6 is 0 Å². The average Bonchev–Trinajstić information content (AvgIpc) is 2.18. The van der Waals surface area contributed by atoms with E-state index < -0.39 is 42.6 Å². The lowest BCUT2D eigenvalue weighted by molar-refractivity contribution is -0.232. The molecule has 7 nitrogen and oxygen atoms in total. The SMILES string of the molecule is CC(=O)O[C@@H]1[C@@H](O)[C@H](O)[C@@H](O)[C@H](O)[C@@H]1O. The van der Waals surface area contributed by atoms with E-state index in [1.807, 2.05) is 0 Å². The standard InChI is InChI=1S/C8H14O7/c1-2(9)15-8-6(13)4(11)3(10)5(12)7(8)14/h3-8,10-14H,1H3/t3-,4-,5+,6-,7-,8-/m0/s1. The van der Waals surface area contributed by atoms with Crippen LogP contribution in [-0.4, -0.2) is 68.1 Å². The van der Waals surface area contributed by atoms with Gasteiger partial charge in [-0.3, -0.25) is 4.79 Å². The van der Waals surface area contributed by atoms with Gasteiger partial charge in [0.1, 0.15) is 30.5 Å². The molecule has 1 aliphatic rings. The smallest absolute Gasteiger partial charge is 0.303 e.